The second kappa shape index (κ2) is 7.43. The van der Waals surface area contributed by atoms with Crippen molar-refractivity contribution < 1.29 is 29.1 Å². The Bertz CT molecular complexity index is 845. The quantitative estimate of drug-likeness (QED) is 0.370. The molecular weight excluding hydrogens is 330 g/mol. The van der Waals surface area contributed by atoms with E-state index in [-0.39, 0.29) is 22.6 Å². The van der Waals surface area contributed by atoms with Crippen LogP contribution in [0.3, 0.4) is 0 Å². The number of nitro groups is 1. The molecule has 0 radical (unpaired) electrons. The molecule has 2 aromatic rings. The van der Waals surface area contributed by atoms with Gasteiger partial charge in [0.1, 0.15) is 17.1 Å². The first-order valence-corrected chi connectivity index (χ1v) is 7.16. The number of nitrogens with zero attached hydrogens (tertiary/aromatic N) is 1. The van der Waals surface area contributed by atoms with Crippen molar-refractivity contribution in [3.05, 3.63) is 63.2 Å². The smallest absolute Gasteiger partial charge is 0.342 e. The van der Waals surface area contributed by atoms with Crippen molar-refractivity contribution >= 4 is 17.4 Å². The van der Waals surface area contributed by atoms with Crippen molar-refractivity contribution in [1.82, 2.24) is 0 Å². The zero-order chi connectivity index (χ0) is 18.6. The van der Waals surface area contributed by atoms with E-state index in [0.717, 1.165) is 6.07 Å². The summed E-state index contributed by atoms with van der Waals surface area (Å²) in [6.45, 7) is 0.948. The van der Waals surface area contributed by atoms with Crippen molar-refractivity contribution in [2.45, 2.75) is 6.92 Å². The number of ketones is 1. The highest BCUT2D eigenvalue weighted by Crippen LogP contribution is 2.24. The van der Waals surface area contributed by atoms with Gasteiger partial charge in [0.15, 0.2) is 6.61 Å². The molecule has 0 spiro atoms. The van der Waals surface area contributed by atoms with Crippen LogP contribution in [0.15, 0.2) is 36.4 Å². The molecule has 0 saturated carbocycles. The fourth-order valence-electron chi connectivity index (χ4n) is 2.08. The largest absolute Gasteiger partial charge is 0.507 e. The average Bonchev–Trinajstić information content (AvgIpc) is 2.59. The summed E-state index contributed by atoms with van der Waals surface area (Å²) in [5.41, 5.74) is 0.166. The van der Waals surface area contributed by atoms with E-state index in [1.807, 2.05) is 0 Å². The van der Waals surface area contributed by atoms with Crippen LogP contribution in [0.2, 0.25) is 0 Å². The zero-order valence-electron chi connectivity index (χ0n) is 13.5. The van der Waals surface area contributed by atoms with Crippen LogP contribution in [0.1, 0.15) is 26.3 Å². The van der Waals surface area contributed by atoms with Crippen molar-refractivity contribution in [3.8, 4) is 11.5 Å². The van der Waals surface area contributed by atoms with Gasteiger partial charge in [-0.15, -0.1) is 0 Å². The Morgan fingerprint density at radius 1 is 1.20 bits per heavy atom. The molecule has 0 heterocycles. The normalized spacial score (nSPS) is 10.2. The van der Waals surface area contributed by atoms with Gasteiger partial charge in [-0.05, 0) is 19.1 Å². The third-order valence-corrected chi connectivity index (χ3v) is 3.49. The fraction of sp³-hybridized carbons (Fsp3) is 0.176. The van der Waals surface area contributed by atoms with Crippen LogP contribution < -0.4 is 4.74 Å². The molecule has 0 fully saturated rings. The lowest BCUT2D eigenvalue weighted by Crippen LogP contribution is -2.14. The van der Waals surface area contributed by atoms with Gasteiger partial charge in [-0.3, -0.25) is 14.9 Å². The molecule has 0 saturated heterocycles. The number of Topliss-reactive ketones (excluding diaryl/α,β-unsaturated/α-hetero) is 1. The molecular formula is C17H15NO7. The maximum atomic E-state index is 12.1. The summed E-state index contributed by atoms with van der Waals surface area (Å²) < 4.78 is 9.77. The minimum atomic E-state index is -0.893. The van der Waals surface area contributed by atoms with Gasteiger partial charge in [-0.1, -0.05) is 12.1 Å². The highest BCUT2D eigenvalue weighted by Gasteiger charge is 2.18. The van der Waals surface area contributed by atoms with E-state index in [0.29, 0.717) is 11.3 Å². The van der Waals surface area contributed by atoms with Crippen LogP contribution in [0, 0.1) is 17.0 Å². The van der Waals surface area contributed by atoms with Gasteiger partial charge in [-0.25, -0.2) is 4.79 Å². The molecule has 130 valence electrons. The van der Waals surface area contributed by atoms with Crippen LogP contribution in [0.4, 0.5) is 5.69 Å². The standard InChI is InChI=1S/C17H15NO7/c1-10-3-4-11(7-14(10)18(22)23)16(20)9-25-17(21)13-6-5-12(24-2)8-15(13)19/h3-8,19H,9H2,1-2H3. The van der Waals surface area contributed by atoms with Crippen molar-refractivity contribution in [2.75, 3.05) is 13.7 Å². The first-order chi connectivity index (χ1) is 11.8. The van der Waals surface area contributed by atoms with Crippen molar-refractivity contribution in [1.29, 1.82) is 0 Å². The highest BCUT2D eigenvalue weighted by atomic mass is 16.6. The molecule has 8 heteroatoms. The molecule has 2 aromatic carbocycles. The number of hydrogen-bond donors (Lipinski definition) is 1. The molecule has 0 aliphatic carbocycles. The van der Waals surface area contributed by atoms with E-state index >= 15 is 0 Å². The summed E-state index contributed by atoms with van der Waals surface area (Å²) in [5, 5.41) is 20.7. The lowest BCUT2D eigenvalue weighted by Gasteiger charge is -2.07. The summed E-state index contributed by atoms with van der Waals surface area (Å²) in [5.74, 6) is -1.47. The molecule has 0 aromatic heterocycles. The first kappa shape index (κ1) is 17.9. The Morgan fingerprint density at radius 3 is 2.52 bits per heavy atom. The second-order valence-electron chi connectivity index (χ2n) is 5.14. The number of aryl methyl sites for hydroxylation is 1. The number of esters is 1. The average molecular weight is 345 g/mol. The van der Waals surface area contributed by atoms with Gasteiger partial charge in [-0.2, -0.15) is 0 Å². The lowest BCUT2D eigenvalue weighted by atomic mass is 10.1. The third kappa shape index (κ3) is 4.11. The van der Waals surface area contributed by atoms with Crippen LogP contribution in [0.25, 0.3) is 0 Å². The van der Waals surface area contributed by atoms with E-state index in [1.165, 1.54) is 37.4 Å². The van der Waals surface area contributed by atoms with Crippen LogP contribution in [-0.2, 0) is 4.74 Å². The SMILES string of the molecule is COc1ccc(C(=O)OCC(=O)c2ccc(C)c([N+](=O)[O-])c2)c(O)c1. The number of rotatable bonds is 6. The summed E-state index contributed by atoms with van der Waals surface area (Å²) >= 11 is 0. The van der Waals surface area contributed by atoms with Gasteiger partial charge in [0.05, 0.1) is 12.0 Å². The van der Waals surface area contributed by atoms with E-state index in [2.05, 4.69) is 0 Å². The molecule has 1 N–H and O–H groups in total. The van der Waals surface area contributed by atoms with Crippen LogP contribution in [0.5, 0.6) is 11.5 Å². The second-order valence-corrected chi connectivity index (χ2v) is 5.14. The number of ether oxygens (including phenoxy) is 2. The molecule has 2 rings (SSSR count). The fourth-order valence-corrected chi connectivity index (χ4v) is 2.08. The maximum absolute atomic E-state index is 12.1. The number of hydrogen-bond acceptors (Lipinski definition) is 7. The van der Waals surface area contributed by atoms with Crippen LogP contribution in [-0.4, -0.2) is 35.5 Å². The number of nitro benzene ring substituents is 1. The van der Waals surface area contributed by atoms with Crippen molar-refractivity contribution in [3.63, 3.8) is 0 Å². The van der Waals surface area contributed by atoms with Gasteiger partial charge in [0.25, 0.3) is 5.69 Å². The molecule has 0 amide bonds. The Kier molecular flexibility index (Phi) is 5.33. The Balaban J connectivity index is 2.08. The van der Waals surface area contributed by atoms with Gasteiger partial charge >= 0.3 is 5.97 Å². The number of methoxy groups -OCH3 is 1. The monoisotopic (exact) mass is 345 g/mol. The Morgan fingerprint density at radius 2 is 1.92 bits per heavy atom. The predicted octanol–water partition coefficient (Wildman–Crippen LogP) is 2.66. The number of phenolic OH excluding ortho intramolecular Hbond substituents is 1. The molecule has 8 nitrogen and oxygen atoms in total. The molecule has 0 aliphatic rings. The van der Waals surface area contributed by atoms with Crippen molar-refractivity contribution in [2.24, 2.45) is 0 Å². The first-order valence-electron chi connectivity index (χ1n) is 7.16. The molecule has 25 heavy (non-hydrogen) atoms. The summed E-state index contributed by atoms with van der Waals surface area (Å²) in [6.07, 6.45) is 0. The molecule has 0 bridgehead atoms. The zero-order valence-corrected chi connectivity index (χ0v) is 13.5. The predicted molar refractivity (Wildman–Crippen MR) is 87.1 cm³/mol. The van der Waals surface area contributed by atoms with Gasteiger partial charge < -0.3 is 14.6 Å². The summed E-state index contributed by atoms with van der Waals surface area (Å²) in [7, 11) is 1.41. The molecule has 0 aliphatic heterocycles. The molecule has 0 unspecified atom stereocenters. The number of phenols is 1. The number of aromatic hydroxyl groups is 1. The summed E-state index contributed by atoms with van der Waals surface area (Å²) in [6, 6.07) is 8.00. The Labute approximate surface area is 142 Å². The van der Waals surface area contributed by atoms with E-state index in [1.54, 1.807) is 6.92 Å². The van der Waals surface area contributed by atoms with E-state index in [4.69, 9.17) is 9.47 Å². The third-order valence-electron chi connectivity index (χ3n) is 3.49. The topological polar surface area (TPSA) is 116 Å². The van der Waals surface area contributed by atoms with Crippen LogP contribution >= 0.6 is 0 Å². The maximum Gasteiger partial charge on any atom is 0.342 e. The number of carbonyl (C=O) groups excluding carboxylic acids is 2. The summed E-state index contributed by atoms with van der Waals surface area (Å²) in [4.78, 5) is 34.3. The van der Waals surface area contributed by atoms with Gasteiger partial charge in [0.2, 0.25) is 5.78 Å². The lowest BCUT2D eigenvalue weighted by molar-refractivity contribution is -0.385. The minimum absolute atomic E-state index is 0.0593. The van der Waals surface area contributed by atoms with E-state index in [9.17, 15) is 24.8 Å². The Hall–Kier alpha value is -3.42. The minimum Gasteiger partial charge on any atom is -0.507 e. The number of carbonyl (C=O) groups is 2. The van der Waals surface area contributed by atoms with E-state index < -0.39 is 23.3 Å². The highest BCUT2D eigenvalue weighted by molar-refractivity contribution is 6.00. The van der Waals surface area contributed by atoms with Gasteiger partial charge in [0, 0.05) is 23.3 Å². The number of benzene rings is 2. The molecule has 0 atom stereocenters.